The average Bonchev–Trinajstić information content (AvgIpc) is 1.06. The summed E-state index contributed by atoms with van der Waals surface area (Å²) in [6, 6.07) is -16.6. The molecule has 11 aromatic heterocycles. The van der Waals surface area contributed by atoms with Crippen molar-refractivity contribution in [2.45, 2.75) is 137 Å². The number of aromatic nitrogens is 22. The summed E-state index contributed by atoms with van der Waals surface area (Å²) in [5, 5.41) is 36.9. The van der Waals surface area contributed by atoms with Gasteiger partial charge in [0, 0.05) is 139 Å². The van der Waals surface area contributed by atoms with E-state index in [-0.39, 0.29) is 105 Å². The summed E-state index contributed by atoms with van der Waals surface area (Å²) in [5.74, 6) is -10.6. The highest BCUT2D eigenvalue weighted by atomic mass is 16.4. The van der Waals surface area contributed by atoms with E-state index < -0.39 is 132 Å². The second-order valence-electron chi connectivity index (χ2n) is 25.5. The molecule has 10 amide bonds. The Balaban J connectivity index is 0.820. The van der Waals surface area contributed by atoms with Crippen molar-refractivity contribution in [1.82, 2.24) is 163 Å². The fraction of sp³-hybridized carbons (Fsp3) is 0.333. The van der Waals surface area contributed by atoms with Gasteiger partial charge in [0.15, 0.2) is 0 Å². The number of hydrogen-bond donors (Lipinski definition) is 23. The van der Waals surface area contributed by atoms with Crippen molar-refractivity contribution >= 4 is 65.0 Å². The first kappa shape index (κ1) is 77.5. The Hall–Kier alpha value is -14.6. The number of carboxylic acids is 1. The van der Waals surface area contributed by atoms with E-state index in [1.54, 1.807) is 6.20 Å². The molecule has 0 aliphatic carbocycles. The van der Waals surface area contributed by atoms with Crippen LogP contribution in [0.1, 0.15) is 62.6 Å². The van der Waals surface area contributed by atoms with Gasteiger partial charge in [-0.15, -0.1) is 0 Å². The SMILES string of the molecule is N[C@@H](Cc1c[nH]cn1)C(=O)N[C@@H](Cc1c[nH]cn1)C(=O)N[C@@H](Cc1c[nH]cn1)C(=O)N[C@@H](Cc1c[nH]cn1)C(=O)N[C@@H](Cc1c[nH]cn1)C(=O)N[C@@H](Cc1c[nH]cn1)C(=O)N[C@@H](Cc1c[nH]cn1)C(=O)N[C@@H](Cc1c[nH]cn1)C(=O)N[C@@H](Cc1c[nH]cn1)C(=O)N[C@@H](Cc1c[nH]cn1)C(=O)N[C@@H](Cc1c[nH]cn1)C(=O)O. The zero-order valence-electron chi connectivity index (χ0n) is 58.8. The van der Waals surface area contributed by atoms with Crippen molar-refractivity contribution in [3.05, 3.63) is 200 Å². The Kier molecular flexibility index (Phi) is 26.6. The predicted molar refractivity (Wildman–Crippen MR) is 380 cm³/mol. The summed E-state index contributed by atoms with van der Waals surface area (Å²) in [6.45, 7) is 0. The normalized spacial score (nSPS) is 14.2. The number of aromatic amines is 11. The lowest BCUT2D eigenvalue weighted by Crippen LogP contribution is -2.62. The molecule has 24 N–H and O–H groups in total. The first-order valence-electron chi connectivity index (χ1n) is 34.6. The molecule has 0 fully saturated rings. The zero-order valence-corrected chi connectivity index (χ0v) is 58.8. The van der Waals surface area contributed by atoms with Crippen LogP contribution < -0.4 is 58.9 Å². The summed E-state index contributed by atoms with van der Waals surface area (Å²) in [6.07, 6.45) is 28.2. The van der Waals surface area contributed by atoms with Crippen LogP contribution in [0.4, 0.5) is 0 Å². The Labute approximate surface area is 626 Å². The quantitative estimate of drug-likeness (QED) is 0.0169. The van der Waals surface area contributed by atoms with Crippen LogP contribution in [0.5, 0.6) is 0 Å². The summed E-state index contributed by atoms with van der Waals surface area (Å²) in [4.78, 5) is 237. The van der Waals surface area contributed by atoms with Gasteiger partial charge >= 0.3 is 5.97 Å². The van der Waals surface area contributed by atoms with E-state index in [0.717, 1.165) is 0 Å². The monoisotopic (exact) mass is 1530 g/mol. The number of nitrogens with zero attached hydrogens (tertiary/aromatic N) is 11. The van der Waals surface area contributed by atoms with E-state index in [1.807, 2.05) is 0 Å². The van der Waals surface area contributed by atoms with Crippen molar-refractivity contribution in [3.63, 3.8) is 0 Å². The molecule has 0 saturated heterocycles. The minimum Gasteiger partial charge on any atom is -0.480 e. The molecule has 45 heteroatoms. The van der Waals surface area contributed by atoms with Crippen LogP contribution in [-0.2, 0) is 123 Å². The van der Waals surface area contributed by atoms with Crippen molar-refractivity contribution in [3.8, 4) is 0 Å². The molecule has 0 aliphatic rings. The van der Waals surface area contributed by atoms with Crippen molar-refractivity contribution in [2.24, 2.45) is 5.73 Å². The van der Waals surface area contributed by atoms with Gasteiger partial charge in [0.25, 0.3) is 0 Å². The smallest absolute Gasteiger partial charge is 0.326 e. The van der Waals surface area contributed by atoms with E-state index in [4.69, 9.17) is 5.73 Å². The van der Waals surface area contributed by atoms with E-state index in [1.165, 1.54) is 132 Å². The van der Waals surface area contributed by atoms with Crippen LogP contribution in [0.3, 0.4) is 0 Å². The van der Waals surface area contributed by atoms with E-state index in [9.17, 15) is 38.7 Å². The second-order valence-corrected chi connectivity index (χ2v) is 25.5. The lowest BCUT2D eigenvalue weighted by atomic mass is 10.0. The maximum atomic E-state index is 15.2. The number of nitrogens with two attached hydrogens (primary N) is 1. The summed E-state index contributed by atoms with van der Waals surface area (Å²) in [5.41, 5.74) is 9.57. The lowest BCUT2D eigenvalue weighted by molar-refractivity contribution is -0.142. The van der Waals surface area contributed by atoms with Gasteiger partial charge in [-0.25, -0.2) is 59.6 Å². The maximum Gasteiger partial charge on any atom is 0.326 e. The molecule has 11 atom stereocenters. The van der Waals surface area contributed by atoms with Crippen LogP contribution >= 0.6 is 0 Å². The fourth-order valence-electron chi connectivity index (χ4n) is 11.7. The topological polar surface area (TPSA) is 670 Å². The Morgan fingerprint density at radius 2 is 0.351 bits per heavy atom. The van der Waals surface area contributed by atoms with Gasteiger partial charge in [0.05, 0.1) is 138 Å². The maximum absolute atomic E-state index is 15.2. The highest BCUT2D eigenvalue weighted by Crippen LogP contribution is 2.14. The largest absolute Gasteiger partial charge is 0.480 e. The zero-order chi connectivity index (χ0) is 78.0. The average molecular weight is 1530 g/mol. The summed E-state index contributed by atoms with van der Waals surface area (Å²) < 4.78 is 0. The molecule has 0 aliphatic heterocycles. The van der Waals surface area contributed by atoms with Crippen molar-refractivity contribution in [2.75, 3.05) is 0 Å². The molecule has 0 saturated carbocycles. The number of H-pyrrole nitrogens is 11. The molecule has 0 bridgehead atoms. The molecule has 580 valence electrons. The van der Waals surface area contributed by atoms with E-state index in [2.05, 4.69) is 163 Å². The van der Waals surface area contributed by atoms with Crippen LogP contribution in [0.15, 0.2) is 138 Å². The van der Waals surface area contributed by atoms with Gasteiger partial charge in [-0.2, -0.15) is 0 Å². The first-order chi connectivity index (χ1) is 53.8. The Morgan fingerprint density at radius 3 is 0.486 bits per heavy atom. The van der Waals surface area contributed by atoms with E-state index in [0.29, 0.717) is 28.5 Å². The number of hydrogen-bond acceptors (Lipinski definition) is 23. The van der Waals surface area contributed by atoms with Gasteiger partial charge in [-0.3, -0.25) is 47.9 Å². The van der Waals surface area contributed by atoms with Crippen LogP contribution in [-0.4, -0.2) is 246 Å². The third-order valence-electron chi connectivity index (χ3n) is 17.3. The molecule has 11 aromatic rings. The van der Waals surface area contributed by atoms with Gasteiger partial charge in [0.1, 0.15) is 60.4 Å². The molecule has 11 heterocycles. The van der Waals surface area contributed by atoms with Crippen LogP contribution in [0.25, 0.3) is 0 Å². The third-order valence-corrected chi connectivity index (χ3v) is 17.3. The molecule has 45 nitrogen and oxygen atoms in total. The lowest BCUT2D eigenvalue weighted by Gasteiger charge is -2.28. The number of amides is 10. The molecular formula is C66H79N33O12. The second kappa shape index (κ2) is 38.1. The number of imidazole rings is 11. The van der Waals surface area contributed by atoms with Crippen LogP contribution in [0, 0.1) is 0 Å². The minimum atomic E-state index is -1.62. The highest BCUT2D eigenvalue weighted by Gasteiger charge is 2.39. The Bertz CT molecular complexity index is 4700. The number of carbonyl (C=O) groups excluding carboxylic acids is 10. The number of rotatable bonds is 43. The molecule has 0 aromatic carbocycles. The standard InChI is InChI=1S/C66H79N33O12/c67-45(1-34-12-68-23-79-34)56(100)90-46(2-35-13-69-24-80-35)57(101)91-47(3-36-14-70-25-81-36)58(102)92-48(4-37-15-71-26-82-37)59(103)93-49(5-38-16-72-27-83-38)60(104)94-50(6-39-17-73-28-84-39)61(105)95-51(7-40-18-74-29-85-40)62(106)96-52(8-41-19-75-30-86-41)63(107)97-53(9-42-20-76-31-87-42)64(108)98-54(10-43-21-77-32-88-43)65(109)99-55(66(110)111)11-44-22-78-33-89-44/h12-33,45-55H,1-11,67H2,(H,68,79)(H,69,80)(H,70,81)(H,71,82)(H,72,83)(H,73,84)(H,74,85)(H,75,86)(H,76,87)(H,77,88)(H,78,89)(H,90,100)(H,91,101)(H,92,102)(H,93,103)(H,94,104)(H,95,105)(H,96,106)(H,97,107)(H,98,108)(H,99,109)(H,110,111)/t45-,46-,47-,48-,49-,50-,51-,52-,53-,54-,55-/m0/s1. The van der Waals surface area contributed by atoms with Crippen molar-refractivity contribution < 1.29 is 57.8 Å². The minimum absolute atomic E-state index is 0.0141. The van der Waals surface area contributed by atoms with Gasteiger partial charge < -0.3 is 119 Å². The predicted octanol–water partition coefficient (Wildman–Crippen LogP) is -6.13. The first-order valence-corrected chi connectivity index (χ1v) is 34.6. The summed E-state index contributed by atoms with van der Waals surface area (Å²) in [7, 11) is 0. The molecule has 11 rings (SSSR count). The molecule has 0 spiro atoms. The van der Waals surface area contributed by atoms with Crippen molar-refractivity contribution in [1.29, 1.82) is 0 Å². The fourth-order valence-corrected chi connectivity index (χ4v) is 11.7. The molecule has 111 heavy (non-hydrogen) atoms. The summed E-state index contributed by atoms with van der Waals surface area (Å²) >= 11 is 0. The number of nitrogens with one attached hydrogen (secondary N) is 21. The number of carbonyl (C=O) groups is 11. The Morgan fingerprint density at radius 1 is 0.225 bits per heavy atom. The molecular weight excluding hydrogens is 1450 g/mol. The van der Waals surface area contributed by atoms with Crippen LogP contribution in [0.2, 0.25) is 0 Å². The highest BCUT2D eigenvalue weighted by molar-refractivity contribution is 5.99. The number of aliphatic carboxylic acids is 1. The molecule has 0 radical (unpaired) electrons. The van der Waals surface area contributed by atoms with Gasteiger partial charge in [0.2, 0.25) is 59.1 Å². The number of carboxylic acid groups (broad SMARTS) is 1. The van der Waals surface area contributed by atoms with Gasteiger partial charge in [-0.05, 0) is 0 Å². The third kappa shape index (κ3) is 23.0. The molecule has 0 unspecified atom stereocenters. The van der Waals surface area contributed by atoms with Gasteiger partial charge in [-0.1, -0.05) is 0 Å². The van der Waals surface area contributed by atoms with E-state index >= 15 is 19.2 Å².